The molecule has 0 unspecified atom stereocenters. The summed E-state index contributed by atoms with van der Waals surface area (Å²) in [5.41, 5.74) is 1.64. The third kappa shape index (κ3) is 5.77. The smallest absolute Gasteiger partial charge is 0.469 e. The fraction of sp³-hybridized carbons (Fsp3) is 0.692. The Hall–Kier alpha value is -2.06. The van der Waals surface area contributed by atoms with Gasteiger partial charge in [0.25, 0.3) is 0 Å². The van der Waals surface area contributed by atoms with Crippen molar-refractivity contribution in [2.45, 2.75) is 98.8 Å². The van der Waals surface area contributed by atoms with Crippen LogP contribution in [0.25, 0.3) is 11.0 Å². The van der Waals surface area contributed by atoms with Crippen LogP contribution in [0, 0.1) is 11.8 Å². The molecule has 34 heavy (non-hydrogen) atoms. The lowest BCUT2D eigenvalue weighted by Crippen LogP contribution is -2.41. The second-order valence-electron chi connectivity index (χ2n) is 9.65. The van der Waals surface area contributed by atoms with E-state index >= 15 is 0 Å². The summed E-state index contributed by atoms with van der Waals surface area (Å²) in [6.45, 7) is 16.8. The molecule has 1 saturated heterocycles. The number of rotatable bonds is 4. The SMILES string of the molecule is CC.CC.COC(=O)C1CCC(Cn2c(=O)[nH]c3ccc(B4OC(C)(C)C(C)(C)O4)cc32)CC1. The topological polar surface area (TPSA) is 82.6 Å². The average molecular weight is 474 g/mol. The van der Waals surface area contributed by atoms with Gasteiger partial charge in [-0.05, 0) is 76.9 Å². The lowest BCUT2D eigenvalue weighted by atomic mass is 9.79. The van der Waals surface area contributed by atoms with Crippen LogP contribution < -0.4 is 11.2 Å². The number of esters is 1. The molecular formula is C26H43BN2O5. The van der Waals surface area contributed by atoms with E-state index in [1.54, 1.807) is 0 Å². The molecule has 2 heterocycles. The number of benzene rings is 1. The highest BCUT2D eigenvalue weighted by atomic mass is 16.7. The van der Waals surface area contributed by atoms with E-state index in [2.05, 4.69) is 4.98 Å². The lowest BCUT2D eigenvalue weighted by molar-refractivity contribution is -0.146. The number of H-pyrrole nitrogens is 1. The van der Waals surface area contributed by atoms with E-state index < -0.39 is 18.3 Å². The molecule has 0 radical (unpaired) electrons. The Morgan fingerprint density at radius 2 is 1.62 bits per heavy atom. The van der Waals surface area contributed by atoms with Gasteiger partial charge in [0.15, 0.2) is 0 Å². The van der Waals surface area contributed by atoms with Crippen molar-refractivity contribution in [3.05, 3.63) is 28.7 Å². The van der Waals surface area contributed by atoms with Crippen LogP contribution in [0.3, 0.4) is 0 Å². The molecule has 4 rings (SSSR count). The molecule has 0 atom stereocenters. The molecule has 1 aliphatic heterocycles. The number of methoxy groups -OCH3 is 1. The van der Waals surface area contributed by atoms with Crippen molar-refractivity contribution in [2.75, 3.05) is 7.11 Å². The zero-order valence-corrected chi connectivity index (χ0v) is 22.5. The number of aromatic amines is 1. The van der Waals surface area contributed by atoms with Crippen LogP contribution >= 0.6 is 0 Å². The number of nitrogens with one attached hydrogen (secondary N) is 1. The first kappa shape index (κ1) is 28.2. The highest BCUT2D eigenvalue weighted by Crippen LogP contribution is 2.36. The van der Waals surface area contributed by atoms with E-state index in [4.69, 9.17) is 14.0 Å². The van der Waals surface area contributed by atoms with Crippen LogP contribution in [-0.4, -0.2) is 41.0 Å². The molecule has 7 nitrogen and oxygen atoms in total. The Morgan fingerprint density at radius 1 is 1.06 bits per heavy atom. The van der Waals surface area contributed by atoms with Crippen molar-refractivity contribution in [3.8, 4) is 0 Å². The van der Waals surface area contributed by atoms with Crippen LogP contribution in [0.4, 0.5) is 0 Å². The molecule has 1 N–H and O–H groups in total. The fourth-order valence-corrected chi connectivity index (χ4v) is 4.48. The molecule has 1 saturated carbocycles. The molecule has 1 aliphatic carbocycles. The first-order valence-corrected chi connectivity index (χ1v) is 12.8. The van der Waals surface area contributed by atoms with Crippen molar-refractivity contribution in [1.82, 2.24) is 9.55 Å². The van der Waals surface area contributed by atoms with Gasteiger partial charge in [-0.1, -0.05) is 33.8 Å². The molecule has 8 heteroatoms. The number of hydrogen-bond donors (Lipinski definition) is 1. The monoisotopic (exact) mass is 474 g/mol. The summed E-state index contributed by atoms with van der Waals surface area (Å²) in [5.74, 6) is 0.230. The number of carbonyl (C=O) groups is 1. The van der Waals surface area contributed by atoms with Crippen LogP contribution in [0.2, 0.25) is 0 Å². The Bertz CT molecular complexity index is 986. The van der Waals surface area contributed by atoms with Gasteiger partial charge in [-0.25, -0.2) is 4.79 Å². The summed E-state index contributed by atoms with van der Waals surface area (Å²) in [6.07, 6.45) is 3.45. The third-order valence-electron chi connectivity index (χ3n) is 7.15. The standard InChI is InChI=1S/C22H31BN2O5.2C2H6/c1-21(2)22(3,4)30-23(29-21)16-10-11-17-18(12-16)25(20(27)24-17)13-14-6-8-15(9-7-14)19(26)28-5;2*1-2/h10-12,14-15H,6-9,13H2,1-5H3,(H,24,27);2*1-2H3. The molecule has 0 spiro atoms. The summed E-state index contributed by atoms with van der Waals surface area (Å²) in [7, 11) is 0.977. The van der Waals surface area contributed by atoms with E-state index in [0.29, 0.717) is 12.5 Å². The summed E-state index contributed by atoms with van der Waals surface area (Å²) in [4.78, 5) is 27.4. The van der Waals surface area contributed by atoms with E-state index in [-0.39, 0.29) is 17.6 Å². The number of carbonyl (C=O) groups excluding carboxylic acids is 1. The van der Waals surface area contributed by atoms with Gasteiger partial charge in [-0.15, -0.1) is 0 Å². The predicted octanol–water partition coefficient (Wildman–Crippen LogP) is 4.66. The fourth-order valence-electron chi connectivity index (χ4n) is 4.48. The molecule has 1 aromatic heterocycles. The second kappa shape index (κ2) is 11.6. The first-order valence-electron chi connectivity index (χ1n) is 12.8. The molecule has 2 aliphatic rings. The van der Waals surface area contributed by atoms with E-state index in [1.807, 2.05) is 78.2 Å². The average Bonchev–Trinajstić information content (AvgIpc) is 3.26. The summed E-state index contributed by atoms with van der Waals surface area (Å²) in [5, 5.41) is 0. The minimum Gasteiger partial charge on any atom is -0.469 e. The van der Waals surface area contributed by atoms with Crippen molar-refractivity contribution in [3.63, 3.8) is 0 Å². The molecule has 0 amide bonds. The van der Waals surface area contributed by atoms with Gasteiger partial charge in [0.1, 0.15) is 0 Å². The van der Waals surface area contributed by atoms with Gasteiger partial charge < -0.3 is 19.0 Å². The third-order valence-corrected chi connectivity index (χ3v) is 7.15. The van der Waals surface area contributed by atoms with Crippen LogP contribution in [0.1, 0.15) is 81.1 Å². The largest absolute Gasteiger partial charge is 0.494 e. The van der Waals surface area contributed by atoms with Gasteiger partial charge in [0.2, 0.25) is 0 Å². The molecule has 1 aromatic carbocycles. The molecule has 2 aromatic rings. The normalized spacial score (nSPS) is 22.9. The first-order chi connectivity index (χ1) is 16.1. The van der Waals surface area contributed by atoms with Crippen molar-refractivity contribution >= 4 is 29.6 Å². The zero-order valence-electron chi connectivity index (χ0n) is 22.5. The van der Waals surface area contributed by atoms with Crippen LogP contribution in [0.5, 0.6) is 0 Å². The van der Waals surface area contributed by atoms with Gasteiger partial charge in [0.05, 0.1) is 35.3 Å². The number of nitrogens with zero attached hydrogens (tertiary/aromatic N) is 1. The van der Waals surface area contributed by atoms with Crippen molar-refractivity contribution in [2.24, 2.45) is 11.8 Å². The zero-order chi connectivity index (χ0) is 25.7. The molecule has 2 fully saturated rings. The number of hydrogen-bond acceptors (Lipinski definition) is 5. The summed E-state index contributed by atoms with van der Waals surface area (Å²) in [6, 6.07) is 5.86. The van der Waals surface area contributed by atoms with Crippen molar-refractivity contribution < 1.29 is 18.8 Å². The number of aromatic nitrogens is 2. The Labute approximate surface area is 204 Å². The maximum Gasteiger partial charge on any atom is 0.494 e. The summed E-state index contributed by atoms with van der Waals surface area (Å²) >= 11 is 0. The lowest BCUT2D eigenvalue weighted by Gasteiger charge is -2.32. The van der Waals surface area contributed by atoms with Gasteiger partial charge in [-0.3, -0.25) is 9.36 Å². The van der Waals surface area contributed by atoms with Gasteiger partial charge in [-0.2, -0.15) is 0 Å². The highest BCUT2D eigenvalue weighted by molar-refractivity contribution is 6.62. The maximum absolute atomic E-state index is 12.6. The number of ether oxygens (including phenoxy) is 1. The quantitative estimate of drug-likeness (QED) is 0.515. The van der Waals surface area contributed by atoms with Crippen LogP contribution in [0.15, 0.2) is 23.0 Å². The van der Waals surface area contributed by atoms with E-state index in [1.165, 1.54) is 7.11 Å². The van der Waals surface area contributed by atoms with Gasteiger partial charge >= 0.3 is 18.8 Å². The molecule has 190 valence electrons. The Balaban J connectivity index is 0.000000970. The Kier molecular flexibility index (Phi) is 9.60. The molecule has 0 bridgehead atoms. The highest BCUT2D eigenvalue weighted by Gasteiger charge is 2.51. The minimum absolute atomic E-state index is 0.0130. The minimum atomic E-state index is -0.464. The predicted molar refractivity (Wildman–Crippen MR) is 138 cm³/mol. The number of imidazole rings is 1. The Morgan fingerprint density at radius 3 is 2.15 bits per heavy atom. The van der Waals surface area contributed by atoms with E-state index in [0.717, 1.165) is 42.2 Å². The van der Waals surface area contributed by atoms with E-state index in [9.17, 15) is 9.59 Å². The second-order valence-corrected chi connectivity index (χ2v) is 9.65. The van der Waals surface area contributed by atoms with Crippen molar-refractivity contribution in [1.29, 1.82) is 0 Å². The summed E-state index contributed by atoms with van der Waals surface area (Å²) < 4.78 is 19.0. The van der Waals surface area contributed by atoms with Gasteiger partial charge in [0, 0.05) is 6.54 Å². The number of fused-ring (bicyclic) bond motifs is 1. The van der Waals surface area contributed by atoms with Crippen LogP contribution in [-0.2, 0) is 25.4 Å². The maximum atomic E-state index is 12.6. The molecular weight excluding hydrogens is 431 g/mol.